The predicted octanol–water partition coefficient (Wildman–Crippen LogP) is 5.44. The van der Waals surface area contributed by atoms with Crippen molar-refractivity contribution in [2.24, 2.45) is 0 Å². The maximum Gasteiger partial charge on any atom is 0.305 e. The lowest BCUT2D eigenvalue weighted by Crippen LogP contribution is -2.57. The molecule has 1 heterocycles. The number of nitrogens with zero attached hydrogens (tertiary/aromatic N) is 2. The van der Waals surface area contributed by atoms with Crippen LogP contribution in [0.15, 0.2) is 48.5 Å². The molecular formula is C32H47N3O4. The summed E-state index contributed by atoms with van der Waals surface area (Å²) in [7, 11) is 1.70. The summed E-state index contributed by atoms with van der Waals surface area (Å²) in [5, 5.41) is 2.97. The second-order valence-corrected chi connectivity index (χ2v) is 10.6. The first kappa shape index (κ1) is 30.6. The molecule has 0 aromatic heterocycles. The molecule has 0 spiro atoms. The van der Waals surface area contributed by atoms with Crippen LogP contribution in [0.25, 0.3) is 0 Å². The highest BCUT2D eigenvalue weighted by molar-refractivity contribution is 5.94. The van der Waals surface area contributed by atoms with E-state index >= 15 is 0 Å². The third kappa shape index (κ3) is 8.80. The van der Waals surface area contributed by atoms with Crippen LogP contribution >= 0.6 is 0 Å². The number of ether oxygens (including phenoxy) is 2. The maximum atomic E-state index is 12.8. The van der Waals surface area contributed by atoms with E-state index in [4.69, 9.17) is 9.47 Å². The van der Waals surface area contributed by atoms with E-state index in [2.05, 4.69) is 66.2 Å². The van der Waals surface area contributed by atoms with Gasteiger partial charge in [0.05, 0.1) is 19.8 Å². The van der Waals surface area contributed by atoms with Crippen molar-refractivity contribution in [3.05, 3.63) is 65.2 Å². The number of rotatable bonds is 14. The molecule has 39 heavy (non-hydrogen) atoms. The summed E-state index contributed by atoms with van der Waals surface area (Å²) < 4.78 is 10.5. The molecule has 3 rings (SSSR count). The molecule has 1 saturated heterocycles. The van der Waals surface area contributed by atoms with Gasteiger partial charge in [-0.25, -0.2) is 0 Å². The Kier molecular flexibility index (Phi) is 12.3. The van der Waals surface area contributed by atoms with Crippen LogP contribution in [0.3, 0.4) is 0 Å². The molecule has 1 aliphatic rings. The van der Waals surface area contributed by atoms with Crippen LogP contribution in [0.4, 0.5) is 0 Å². The van der Waals surface area contributed by atoms with Crippen LogP contribution < -0.4 is 10.1 Å². The van der Waals surface area contributed by atoms with Gasteiger partial charge in [0.1, 0.15) is 5.75 Å². The average Bonchev–Trinajstić information content (AvgIpc) is 2.94. The summed E-state index contributed by atoms with van der Waals surface area (Å²) in [5.41, 5.74) is 2.99. The quantitative estimate of drug-likeness (QED) is 0.256. The average molecular weight is 538 g/mol. The number of amides is 1. The fourth-order valence-electron chi connectivity index (χ4n) is 5.39. The lowest BCUT2D eigenvalue weighted by molar-refractivity contribution is -0.143. The highest BCUT2D eigenvalue weighted by atomic mass is 16.5. The van der Waals surface area contributed by atoms with Gasteiger partial charge < -0.3 is 14.8 Å². The minimum Gasteiger partial charge on any atom is -0.497 e. The fourth-order valence-corrected chi connectivity index (χ4v) is 5.39. The molecule has 1 N–H and O–H groups in total. The number of unbranched alkanes of at least 4 members (excludes halogenated alkanes) is 2. The van der Waals surface area contributed by atoms with Gasteiger partial charge in [-0.05, 0) is 82.0 Å². The monoisotopic (exact) mass is 537 g/mol. The summed E-state index contributed by atoms with van der Waals surface area (Å²) in [6, 6.07) is 17.2. The Morgan fingerprint density at radius 3 is 2.44 bits per heavy atom. The van der Waals surface area contributed by atoms with Gasteiger partial charge >= 0.3 is 5.97 Å². The van der Waals surface area contributed by atoms with E-state index in [1.165, 1.54) is 18.4 Å². The number of benzene rings is 2. The smallest absolute Gasteiger partial charge is 0.305 e. The van der Waals surface area contributed by atoms with Crippen molar-refractivity contribution in [1.82, 2.24) is 15.1 Å². The van der Waals surface area contributed by atoms with E-state index in [1.54, 1.807) is 14.0 Å². The molecule has 1 amide bonds. The SMILES string of the molecule is CCCCN1C[C@H](C)N([C@H](c2ccc(C(=O)NCCCCC(=O)OCC)cc2)c2cccc(OC)c2)C[C@H]1C. The molecule has 2 aromatic carbocycles. The van der Waals surface area contributed by atoms with Crippen LogP contribution in [0.5, 0.6) is 5.75 Å². The molecule has 1 fully saturated rings. The van der Waals surface area contributed by atoms with Gasteiger partial charge in [0, 0.05) is 43.7 Å². The van der Waals surface area contributed by atoms with Gasteiger partial charge in [-0.3, -0.25) is 19.4 Å². The number of carbonyl (C=O) groups excluding carboxylic acids is 2. The van der Waals surface area contributed by atoms with E-state index in [-0.39, 0.29) is 17.9 Å². The Morgan fingerprint density at radius 2 is 1.74 bits per heavy atom. The topological polar surface area (TPSA) is 71.1 Å². The Balaban J connectivity index is 1.73. The summed E-state index contributed by atoms with van der Waals surface area (Å²) >= 11 is 0. The van der Waals surface area contributed by atoms with Gasteiger partial charge in [-0.15, -0.1) is 0 Å². The minimum absolute atomic E-state index is 0.0610. The minimum atomic E-state index is -0.184. The Hall–Kier alpha value is -2.90. The molecule has 7 heteroatoms. The molecular weight excluding hydrogens is 490 g/mol. The van der Waals surface area contributed by atoms with Crippen molar-refractivity contribution in [2.45, 2.75) is 77.9 Å². The van der Waals surface area contributed by atoms with Crippen molar-refractivity contribution in [1.29, 1.82) is 0 Å². The van der Waals surface area contributed by atoms with Gasteiger partial charge in [0.15, 0.2) is 0 Å². The molecule has 1 aliphatic heterocycles. The number of nitrogens with one attached hydrogen (secondary N) is 1. The zero-order valence-corrected chi connectivity index (χ0v) is 24.4. The van der Waals surface area contributed by atoms with Crippen LogP contribution in [-0.2, 0) is 9.53 Å². The number of piperazine rings is 1. The summed E-state index contributed by atoms with van der Waals surface area (Å²) in [4.78, 5) is 29.5. The third-order valence-corrected chi connectivity index (χ3v) is 7.59. The van der Waals surface area contributed by atoms with Crippen LogP contribution in [0.1, 0.15) is 87.3 Å². The Morgan fingerprint density at radius 1 is 0.974 bits per heavy atom. The number of hydrogen-bond donors (Lipinski definition) is 1. The van der Waals surface area contributed by atoms with E-state index in [0.29, 0.717) is 43.6 Å². The zero-order valence-electron chi connectivity index (χ0n) is 24.4. The lowest BCUT2D eigenvalue weighted by Gasteiger charge is -2.47. The van der Waals surface area contributed by atoms with Crippen molar-refractivity contribution >= 4 is 11.9 Å². The van der Waals surface area contributed by atoms with E-state index in [1.807, 2.05) is 18.2 Å². The van der Waals surface area contributed by atoms with Gasteiger partial charge in [-0.1, -0.05) is 37.6 Å². The number of hydrogen-bond acceptors (Lipinski definition) is 6. The molecule has 0 aliphatic carbocycles. The molecule has 0 saturated carbocycles. The number of esters is 1. The molecule has 0 radical (unpaired) electrons. The lowest BCUT2D eigenvalue weighted by atomic mass is 9.92. The third-order valence-electron chi connectivity index (χ3n) is 7.59. The van der Waals surface area contributed by atoms with Crippen molar-refractivity contribution in [3.63, 3.8) is 0 Å². The highest BCUT2D eigenvalue weighted by Gasteiger charge is 2.34. The second kappa shape index (κ2) is 15.6. The molecule has 0 bridgehead atoms. The van der Waals surface area contributed by atoms with E-state index in [0.717, 1.165) is 37.4 Å². The van der Waals surface area contributed by atoms with Gasteiger partial charge in [0.2, 0.25) is 0 Å². The Bertz CT molecular complexity index is 1040. The highest BCUT2D eigenvalue weighted by Crippen LogP contribution is 2.35. The fraction of sp³-hybridized carbons (Fsp3) is 0.562. The number of methoxy groups -OCH3 is 1. The summed E-state index contributed by atoms with van der Waals surface area (Å²) in [5.74, 6) is 0.567. The first-order valence-electron chi connectivity index (χ1n) is 14.5. The van der Waals surface area contributed by atoms with Gasteiger partial charge in [-0.2, -0.15) is 0 Å². The largest absolute Gasteiger partial charge is 0.497 e. The van der Waals surface area contributed by atoms with Crippen LogP contribution in [0.2, 0.25) is 0 Å². The maximum absolute atomic E-state index is 12.8. The van der Waals surface area contributed by atoms with Gasteiger partial charge in [0.25, 0.3) is 5.91 Å². The van der Waals surface area contributed by atoms with Crippen molar-refractivity contribution in [3.8, 4) is 5.75 Å². The predicted molar refractivity (Wildman–Crippen MR) is 156 cm³/mol. The van der Waals surface area contributed by atoms with Crippen molar-refractivity contribution < 1.29 is 19.1 Å². The summed E-state index contributed by atoms with van der Waals surface area (Å²) in [6.45, 7) is 12.8. The Labute approximate surface area is 234 Å². The van der Waals surface area contributed by atoms with E-state index < -0.39 is 0 Å². The second-order valence-electron chi connectivity index (χ2n) is 10.6. The van der Waals surface area contributed by atoms with Crippen LogP contribution in [-0.4, -0.2) is 73.7 Å². The normalized spacial score (nSPS) is 18.9. The van der Waals surface area contributed by atoms with Crippen molar-refractivity contribution in [2.75, 3.05) is 39.9 Å². The molecule has 3 atom stereocenters. The first-order chi connectivity index (χ1) is 18.9. The zero-order chi connectivity index (χ0) is 28.2. The van der Waals surface area contributed by atoms with Crippen LogP contribution in [0, 0.1) is 0 Å². The molecule has 0 unspecified atom stereocenters. The summed E-state index contributed by atoms with van der Waals surface area (Å²) in [6.07, 6.45) is 4.25. The molecule has 7 nitrogen and oxygen atoms in total. The standard InChI is InChI=1S/C32H47N3O4/c1-6-8-20-34-22-25(4)35(23-24(34)3)31(28-12-11-13-29(21-28)38-5)26-15-17-27(18-16-26)32(37)33-19-10-9-14-30(36)39-7-2/h11-13,15-18,21,24-25,31H,6-10,14,19-20,22-23H2,1-5H3,(H,33,37)/t24-,25+,31-/m1/s1. The number of carbonyl (C=O) groups is 2. The molecule has 2 aromatic rings. The van der Waals surface area contributed by atoms with E-state index in [9.17, 15) is 9.59 Å². The first-order valence-corrected chi connectivity index (χ1v) is 14.5. The molecule has 214 valence electrons.